The molecule has 1 aliphatic heterocycles. The van der Waals surface area contributed by atoms with Gasteiger partial charge in [-0.05, 0) is 33.7 Å². The van der Waals surface area contributed by atoms with Crippen LogP contribution in [0.1, 0.15) is 68.2 Å². The Morgan fingerprint density at radius 1 is 1.19 bits per heavy atom. The molecule has 1 atom stereocenters. The molecular weight excluding hydrogens is 416 g/mol. The molecule has 0 radical (unpaired) electrons. The van der Waals surface area contributed by atoms with Crippen LogP contribution in [0.2, 0.25) is 0 Å². The average Bonchev–Trinajstić information content (AvgIpc) is 2.73. The second-order valence-electron chi connectivity index (χ2n) is 8.30. The third-order valence-electron chi connectivity index (χ3n) is 3.71. The van der Waals surface area contributed by atoms with Crippen molar-refractivity contribution >= 4 is 18.3 Å². The molecule has 0 unspecified atom stereocenters. The smallest absolute Gasteiger partial charge is 0.407 e. The van der Waals surface area contributed by atoms with Gasteiger partial charge in [-0.25, -0.2) is 4.79 Å². The molecule has 0 aromatic rings. The van der Waals surface area contributed by atoms with Crippen molar-refractivity contribution in [2.45, 2.75) is 79.9 Å². The van der Waals surface area contributed by atoms with Gasteiger partial charge in [-0.3, -0.25) is 9.59 Å². The number of likely N-dealkylation sites (N-methyl/N-ethyl adjacent to an activating group) is 1. The molecule has 1 fully saturated rings. The predicted octanol–water partition coefficient (Wildman–Crippen LogP) is 3.03. The molecule has 0 aromatic carbocycles. The van der Waals surface area contributed by atoms with Crippen molar-refractivity contribution in [3.05, 3.63) is 0 Å². The Morgan fingerprint density at radius 3 is 2.00 bits per heavy atom. The SMILES string of the molecule is CC.CC(C)(C)OC(=O)C[C@@H](CO)NC(=O)OCC=O.CCC(C)C.CN1CCOCC1. The van der Waals surface area contributed by atoms with E-state index in [1.807, 2.05) is 13.8 Å². The Kier molecular flexibility index (Phi) is 24.5. The maximum absolute atomic E-state index is 11.4. The number of carbonyl (C=O) groups excluding carboxylic acids is 3. The summed E-state index contributed by atoms with van der Waals surface area (Å²) >= 11 is 0. The quantitative estimate of drug-likeness (QED) is 0.436. The molecule has 1 aliphatic rings. The lowest BCUT2D eigenvalue weighted by Crippen LogP contribution is -2.40. The maximum Gasteiger partial charge on any atom is 0.407 e. The van der Waals surface area contributed by atoms with Crippen molar-refractivity contribution in [2.75, 3.05) is 46.6 Å². The highest BCUT2D eigenvalue weighted by Gasteiger charge is 2.21. The number of alkyl carbamates (subject to hydrolysis) is 1. The molecule has 9 heteroatoms. The van der Waals surface area contributed by atoms with Crippen LogP contribution in [0.15, 0.2) is 0 Å². The first kappa shape index (κ1) is 34.9. The topological polar surface area (TPSA) is 114 Å². The summed E-state index contributed by atoms with van der Waals surface area (Å²) in [5.74, 6) is 0.340. The van der Waals surface area contributed by atoms with Crippen LogP contribution in [-0.4, -0.2) is 86.6 Å². The number of hydrogen-bond acceptors (Lipinski definition) is 8. The normalized spacial score (nSPS) is 14.2. The molecule has 0 bridgehead atoms. The Labute approximate surface area is 195 Å². The number of hydrogen-bond donors (Lipinski definition) is 2. The minimum absolute atomic E-state index is 0.177. The number of esters is 1. The minimum Gasteiger partial charge on any atom is -0.460 e. The summed E-state index contributed by atoms with van der Waals surface area (Å²) in [5, 5.41) is 11.2. The Morgan fingerprint density at radius 2 is 1.69 bits per heavy atom. The van der Waals surface area contributed by atoms with Crippen molar-refractivity contribution in [1.29, 1.82) is 0 Å². The van der Waals surface area contributed by atoms with E-state index in [1.54, 1.807) is 20.8 Å². The fourth-order valence-corrected chi connectivity index (χ4v) is 1.72. The lowest BCUT2D eigenvalue weighted by molar-refractivity contribution is -0.155. The molecule has 0 spiro atoms. The number of carbonyl (C=O) groups is 3. The zero-order chi connectivity index (χ0) is 25.6. The Bertz CT molecular complexity index is 460. The standard InChI is InChI=1S/C11H19NO6.C5H11NO.C5H12.C2H6/c1-11(2,3)18-9(15)6-8(7-14)12-10(16)17-5-4-13;1-6-2-4-7-5-3-6;1-4-5(2)3;1-2/h4,8,14H,5-7H2,1-3H3,(H,12,16);2-5H2,1H3;5H,4H2,1-3H3;1-2H3/t8-;;;/m0.../s1. The molecule has 0 aromatic heterocycles. The van der Waals surface area contributed by atoms with Gasteiger partial charge in [-0.1, -0.05) is 41.0 Å². The van der Waals surface area contributed by atoms with E-state index < -0.39 is 30.3 Å². The second-order valence-corrected chi connectivity index (χ2v) is 8.30. The first-order valence-corrected chi connectivity index (χ1v) is 11.4. The van der Waals surface area contributed by atoms with Crippen molar-refractivity contribution in [2.24, 2.45) is 5.92 Å². The third kappa shape index (κ3) is 28.3. The lowest BCUT2D eigenvalue weighted by atomic mass is 10.2. The van der Waals surface area contributed by atoms with Crippen LogP contribution in [0.3, 0.4) is 0 Å². The number of morpholine rings is 1. The second kappa shape index (κ2) is 22.5. The number of aldehydes is 1. The van der Waals surface area contributed by atoms with Gasteiger partial charge in [-0.15, -0.1) is 0 Å². The van der Waals surface area contributed by atoms with Gasteiger partial charge in [-0.2, -0.15) is 0 Å². The summed E-state index contributed by atoms with van der Waals surface area (Å²) in [7, 11) is 2.11. The number of amides is 1. The van der Waals surface area contributed by atoms with Gasteiger partial charge in [0.15, 0.2) is 6.29 Å². The van der Waals surface area contributed by atoms with E-state index in [2.05, 4.69) is 42.8 Å². The van der Waals surface area contributed by atoms with Gasteiger partial charge in [0.1, 0.15) is 12.2 Å². The first-order valence-electron chi connectivity index (χ1n) is 11.4. The van der Waals surface area contributed by atoms with Crippen molar-refractivity contribution in [3.8, 4) is 0 Å². The van der Waals surface area contributed by atoms with Crippen LogP contribution in [0.4, 0.5) is 4.79 Å². The molecule has 1 heterocycles. The van der Waals surface area contributed by atoms with Gasteiger partial charge in [0, 0.05) is 13.1 Å². The van der Waals surface area contributed by atoms with Gasteiger partial charge < -0.3 is 29.5 Å². The maximum atomic E-state index is 11.4. The van der Waals surface area contributed by atoms with Crippen LogP contribution in [0, 0.1) is 5.92 Å². The number of aliphatic hydroxyl groups excluding tert-OH is 1. The Balaban J connectivity index is -0.000000486. The lowest BCUT2D eigenvalue weighted by Gasteiger charge is -2.21. The number of nitrogens with zero attached hydrogens (tertiary/aromatic N) is 1. The van der Waals surface area contributed by atoms with Gasteiger partial charge in [0.25, 0.3) is 0 Å². The molecule has 1 amide bonds. The van der Waals surface area contributed by atoms with Crippen molar-refractivity contribution in [3.63, 3.8) is 0 Å². The van der Waals surface area contributed by atoms with Crippen LogP contribution in [0.5, 0.6) is 0 Å². The highest BCUT2D eigenvalue weighted by molar-refractivity contribution is 5.73. The molecule has 0 aliphatic carbocycles. The first-order chi connectivity index (χ1) is 14.9. The molecule has 0 saturated carbocycles. The zero-order valence-electron chi connectivity index (χ0n) is 21.7. The largest absolute Gasteiger partial charge is 0.460 e. The van der Waals surface area contributed by atoms with E-state index in [0.717, 1.165) is 32.2 Å². The zero-order valence-corrected chi connectivity index (χ0v) is 21.7. The van der Waals surface area contributed by atoms with E-state index >= 15 is 0 Å². The number of ether oxygens (including phenoxy) is 3. The molecular formula is C23H48N2O7. The molecule has 1 saturated heterocycles. The average molecular weight is 465 g/mol. The summed E-state index contributed by atoms with van der Waals surface area (Å²) in [5.41, 5.74) is -0.630. The number of rotatable bonds is 7. The summed E-state index contributed by atoms with van der Waals surface area (Å²) in [6, 6.07) is -0.806. The fraction of sp³-hybridized carbons (Fsp3) is 0.870. The highest BCUT2D eigenvalue weighted by atomic mass is 16.6. The molecule has 2 N–H and O–H groups in total. The molecule has 192 valence electrons. The van der Waals surface area contributed by atoms with E-state index in [9.17, 15) is 14.4 Å². The van der Waals surface area contributed by atoms with Crippen LogP contribution < -0.4 is 5.32 Å². The molecule has 32 heavy (non-hydrogen) atoms. The summed E-state index contributed by atoms with van der Waals surface area (Å²) in [6.07, 6.45) is 0.676. The van der Waals surface area contributed by atoms with Crippen molar-refractivity contribution in [1.82, 2.24) is 10.2 Å². The van der Waals surface area contributed by atoms with E-state index in [-0.39, 0.29) is 13.0 Å². The minimum atomic E-state index is -0.871. The van der Waals surface area contributed by atoms with Crippen LogP contribution in [-0.2, 0) is 23.8 Å². The van der Waals surface area contributed by atoms with Crippen LogP contribution >= 0.6 is 0 Å². The van der Waals surface area contributed by atoms with Gasteiger partial charge in [0.05, 0.1) is 32.3 Å². The summed E-state index contributed by atoms with van der Waals surface area (Å²) in [6.45, 7) is 19.0. The number of aliphatic hydroxyl groups is 1. The van der Waals surface area contributed by atoms with E-state index in [1.165, 1.54) is 6.42 Å². The Hall–Kier alpha value is -1.71. The summed E-state index contributed by atoms with van der Waals surface area (Å²) in [4.78, 5) is 34.8. The number of nitrogens with one attached hydrogen (secondary N) is 1. The predicted molar refractivity (Wildman–Crippen MR) is 127 cm³/mol. The van der Waals surface area contributed by atoms with E-state index in [0.29, 0.717) is 6.29 Å². The molecule has 9 nitrogen and oxygen atoms in total. The fourth-order valence-electron chi connectivity index (χ4n) is 1.72. The summed E-state index contributed by atoms with van der Waals surface area (Å²) < 4.78 is 14.6. The highest BCUT2D eigenvalue weighted by Crippen LogP contribution is 2.09. The third-order valence-corrected chi connectivity index (χ3v) is 3.71. The van der Waals surface area contributed by atoms with E-state index in [4.69, 9.17) is 14.6 Å². The van der Waals surface area contributed by atoms with Crippen molar-refractivity contribution < 1.29 is 33.7 Å². The van der Waals surface area contributed by atoms with Crippen LogP contribution in [0.25, 0.3) is 0 Å². The monoisotopic (exact) mass is 464 g/mol. The van der Waals surface area contributed by atoms with Gasteiger partial charge in [0.2, 0.25) is 0 Å². The molecule has 1 rings (SSSR count). The van der Waals surface area contributed by atoms with Gasteiger partial charge >= 0.3 is 12.1 Å².